The lowest BCUT2D eigenvalue weighted by molar-refractivity contribution is 0.621. The lowest BCUT2D eigenvalue weighted by Gasteiger charge is -2.08. The van der Waals surface area contributed by atoms with Gasteiger partial charge in [-0.15, -0.1) is 0 Å². The van der Waals surface area contributed by atoms with Gasteiger partial charge in [-0.3, -0.25) is 0 Å². The lowest BCUT2D eigenvalue weighted by atomic mass is 10.1. The molecule has 0 unspecified atom stereocenters. The van der Waals surface area contributed by atoms with Gasteiger partial charge < -0.3 is 10.3 Å². The average molecular weight is 232 g/mol. The lowest BCUT2D eigenvalue weighted by Crippen LogP contribution is -2.02. The molecule has 0 amide bonds. The van der Waals surface area contributed by atoms with Gasteiger partial charge in [0.25, 0.3) is 0 Å². The monoisotopic (exact) mass is 232 g/mol. The molecule has 2 aromatic rings. The van der Waals surface area contributed by atoms with Gasteiger partial charge in [0.2, 0.25) is 0 Å². The Balaban J connectivity index is 0.000000686. The van der Waals surface area contributed by atoms with E-state index in [0.717, 1.165) is 6.42 Å². The first-order chi connectivity index (χ1) is 8.24. The quantitative estimate of drug-likeness (QED) is 0.858. The number of hydrogen-bond donors (Lipinski definition) is 1. The van der Waals surface area contributed by atoms with Crippen LogP contribution >= 0.6 is 0 Å². The SMILES string of the molecule is CC.CC(C)n1cc(CCN)c2ccccc21. The molecule has 0 fully saturated rings. The molecule has 0 aliphatic carbocycles. The summed E-state index contributed by atoms with van der Waals surface area (Å²) in [6.07, 6.45) is 3.20. The summed E-state index contributed by atoms with van der Waals surface area (Å²) in [5.74, 6) is 0. The van der Waals surface area contributed by atoms with Crippen molar-refractivity contribution in [3.05, 3.63) is 36.0 Å². The zero-order valence-electron chi connectivity index (χ0n) is 11.4. The van der Waals surface area contributed by atoms with Crippen LogP contribution < -0.4 is 5.73 Å². The van der Waals surface area contributed by atoms with E-state index in [1.54, 1.807) is 0 Å². The van der Waals surface area contributed by atoms with Gasteiger partial charge in [0.05, 0.1) is 0 Å². The fraction of sp³-hybridized carbons (Fsp3) is 0.467. The number of nitrogens with two attached hydrogens (primary N) is 1. The molecule has 0 spiro atoms. The van der Waals surface area contributed by atoms with Gasteiger partial charge in [-0.2, -0.15) is 0 Å². The van der Waals surface area contributed by atoms with Crippen molar-refractivity contribution in [2.45, 2.75) is 40.2 Å². The van der Waals surface area contributed by atoms with Crippen LogP contribution in [0.5, 0.6) is 0 Å². The number of aromatic nitrogens is 1. The molecule has 0 bridgehead atoms. The summed E-state index contributed by atoms with van der Waals surface area (Å²) in [5, 5.41) is 1.34. The Kier molecular flexibility index (Phi) is 5.23. The largest absolute Gasteiger partial charge is 0.345 e. The molecule has 2 N–H and O–H groups in total. The smallest absolute Gasteiger partial charge is 0.0485 e. The Labute approximate surface area is 104 Å². The van der Waals surface area contributed by atoms with Gasteiger partial charge in [0.15, 0.2) is 0 Å². The maximum absolute atomic E-state index is 5.63. The number of para-hydroxylation sites is 1. The minimum atomic E-state index is 0.501. The van der Waals surface area contributed by atoms with Crippen molar-refractivity contribution in [3.63, 3.8) is 0 Å². The first-order valence-corrected chi connectivity index (χ1v) is 6.52. The zero-order valence-corrected chi connectivity index (χ0v) is 11.4. The van der Waals surface area contributed by atoms with Crippen LogP contribution in [0.4, 0.5) is 0 Å². The van der Waals surface area contributed by atoms with E-state index in [2.05, 4.69) is 48.9 Å². The Morgan fingerprint density at radius 3 is 2.41 bits per heavy atom. The van der Waals surface area contributed by atoms with Gasteiger partial charge in [0, 0.05) is 23.1 Å². The molecule has 0 aliphatic heterocycles. The summed E-state index contributed by atoms with van der Waals surface area (Å²) in [4.78, 5) is 0. The van der Waals surface area contributed by atoms with Crippen molar-refractivity contribution in [1.29, 1.82) is 0 Å². The van der Waals surface area contributed by atoms with Crippen LogP contribution in [0.15, 0.2) is 30.5 Å². The van der Waals surface area contributed by atoms with E-state index in [1.807, 2.05) is 13.8 Å². The van der Waals surface area contributed by atoms with E-state index in [0.29, 0.717) is 12.6 Å². The first-order valence-electron chi connectivity index (χ1n) is 6.52. The second kappa shape index (κ2) is 6.45. The average Bonchev–Trinajstić information content (AvgIpc) is 2.72. The Morgan fingerprint density at radius 1 is 1.18 bits per heavy atom. The fourth-order valence-corrected chi connectivity index (χ4v) is 2.06. The molecular weight excluding hydrogens is 208 g/mol. The van der Waals surface area contributed by atoms with Gasteiger partial charge in [-0.1, -0.05) is 32.0 Å². The van der Waals surface area contributed by atoms with Crippen LogP contribution in [0.3, 0.4) is 0 Å². The molecule has 2 rings (SSSR count). The highest BCUT2D eigenvalue weighted by molar-refractivity contribution is 5.84. The van der Waals surface area contributed by atoms with Crippen LogP contribution in [-0.2, 0) is 6.42 Å². The molecule has 1 heterocycles. The molecule has 0 saturated carbocycles. The van der Waals surface area contributed by atoms with Crippen molar-refractivity contribution in [2.24, 2.45) is 5.73 Å². The van der Waals surface area contributed by atoms with Crippen molar-refractivity contribution in [2.75, 3.05) is 6.54 Å². The topological polar surface area (TPSA) is 30.9 Å². The van der Waals surface area contributed by atoms with Gasteiger partial charge in [0.1, 0.15) is 0 Å². The van der Waals surface area contributed by atoms with Gasteiger partial charge >= 0.3 is 0 Å². The number of hydrogen-bond acceptors (Lipinski definition) is 1. The molecule has 2 nitrogen and oxygen atoms in total. The maximum atomic E-state index is 5.63. The zero-order chi connectivity index (χ0) is 12.8. The Bertz CT molecular complexity index is 455. The highest BCUT2D eigenvalue weighted by Gasteiger charge is 2.08. The minimum absolute atomic E-state index is 0.501. The summed E-state index contributed by atoms with van der Waals surface area (Å²) >= 11 is 0. The highest BCUT2D eigenvalue weighted by atomic mass is 15.0. The summed E-state index contributed by atoms with van der Waals surface area (Å²) in [5.41, 5.74) is 8.31. The standard InChI is InChI=1S/C13H18N2.C2H6/c1-10(2)15-9-11(7-8-14)12-5-3-4-6-13(12)15;1-2/h3-6,9-10H,7-8,14H2,1-2H3;1-2H3. The molecule has 2 heteroatoms. The molecule has 0 atom stereocenters. The summed E-state index contributed by atoms with van der Waals surface area (Å²) in [7, 11) is 0. The van der Waals surface area contributed by atoms with Crippen LogP contribution in [0.25, 0.3) is 10.9 Å². The first kappa shape index (κ1) is 13.8. The van der Waals surface area contributed by atoms with Gasteiger partial charge in [-0.25, -0.2) is 0 Å². The van der Waals surface area contributed by atoms with E-state index < -0.39 is 0 Å². The molecule has 0 radical (unpaired) electrons. The molecule has 94 valence electrons. The molecule has 1 aromatic heterocycles. The fourth-order valence-electron chi connectivity index (χ4n) is 2.06. The number of rotatable bonds is 3. The number of benzene rings is 1. The van der Waals surface area contributed by atoms with E-state index in [-0.39, 0.29) is 0 Å². The third-order valence-electron chi connectivity index (χ3n) is 2.79. The van der Waals surface area contributed by atoms with E-state index in [9.17, 15) is 0 Å². The molecule has 17 heavy (non-hydrogen) atoms. The van der Waals surface area contributed by atoms with E-state index in [4.69, 9.17) is 5.73 Å². The third kappa shape index (κ3) is 2.89. The van der Waals surface area contributed by atoms with Crippen LogP contribution in [0.2, 0.25) is 0 Å². The van der Waals surface area contributed by atoms with Crippen molar-refractivity contribution in [1.82, 2.24) is 4.57 Å². The van der Waals surface area contributed by atoms with Crippen LogP contribution in [-0.4, -0.2) is 11.1 Å². The second-order valence-electron chi connectivity index (χ2n) is 4.21. The van der Waals surface area contributed by atoms with E-state index in [1.165, 1.54) is 16.5 Å². The number of nitrogens with zero attached hydrogens (tertiary/aromatic N) is 1. The van der Waals surface area contributed by atoms with Crippen molar-refractivity contribution >= 4 is 10.9 Å². The minimum Gasteiger partial charge on any atom is -0.345 e. The Hall–Kier alpha value is -1.28. The third-order valence-corrected chi connectivity index (χ3v) is 2.79. The van der Waals surface area contributed by atoms with Gasteiger partial charge in [-0.05, 0) is 38.4 Å². The Morgan fingerprint density at radius 2 is 1.82 bits per heavy atom. The molecular formula is C15H24N2. The molecule has 0 aliphatic rings. The predicted molar refractivity (Wildman–Crippen MR) is 76.4 cm³/mol. The predicted octanol–water partition coefficient (Wildman–Crippen LogP) is 3.75. The molecule has 0 saturated heterocycles. The highest BCUT2D eigenvalue weighted by Crippen LogP contribution is 2.24. The van der Waals surface area contributed by atoms with Crippen molar-refractivity contribution in [3.8, 4) is 0 Å². The van der Waals surface area contributed by atoms with Crippen LogP contribution in [0, 0.1) is 0 Å². The number of fused-ring (bicyclic) bond motifs is 1. The summed E-state index contributed by atoms with van der Waals surface area (Å²) in [6, 6.07) is 9.04. The van der Waals surface area contributed by atoms with E-state index >= 15 is 0 Å². The van der Waals surface area contributed by atoms with Crippen LogP contribution in [0.1, 0.15) is 39.3 Å². The summed E-state index contributed by atoms with van der Waals surface area (Å²) in [6.45, 7) is 9.13. The van der Waals surface area contributed by atoms with Crippen molar-refractivity contribution < 1.29 is 0 Å². The second-order valence-corrected chi connectivity index (χ2v) is 4.21. The summed E-state index contributed by atoms with van der Waals surface area (Å²) < 4.78 is 2.32. The molecule has 1 aromatic carbocycles. The normalized spacial score (nSPS) is 10.5. The maximum Gasteiger partial charge on any atom is 0.0485 e.